The second-order valence-electron chi connectivity index (χ2n) is 6.42. The number of rotatable bonds is 5. The minimum Gasteiger partial charge on any atom is -0.322 e. The number of fused-ring (bicyclic) bond motifs is 1. The number of hydrogen-bond acceptors (Lipinski definition) is 3. The number of benzene rings is 2. The van der Waals surface area contributed by atoms with Crippen molar-refractivity contribution < 1.29 is 4.90 Å². The first kappa shape index (κ1) is 16.7. The Labute approximate surface area is 156 Å². The van der Waals surface area contributed by atoms with Crippen LogP contribution >= 0.6 is 11.3 Å². The molecule has 1 N–H and O–H groups in total. The average Bonchev–Trinajstić information content (AvgIpc) is 3.13. The zero-order valence-corrected chi connectivity index (χ0v) is 15.3. The molecule has 1 atom stereocenters. The average molecular weight is 362 g/mol. The Bertz CT molecular complexity index is 1020. The smallest absolute Gasteiger partial charge is 0.258 e. The van der Waals surface area contributed by atoms with E-state index < -0.39 is 0 Å². The molecule has 0 aliphatic carbocycles. The van der Waals surface area contributed by atoms with Gasteiger partial charge in [-0.1, -0.05) is 60.7 Å². The van der Waals surface area contributed by atoms with E-state index in [9.17, 15) is 4.79 Å². The van der Waals surface area contributed by atoms with Crippen molar-refractivity contribution in [3.63, 3.8) is 0 Å². The monoisotopic (exact) mass is 362 g/mol. The van der Waals surface area contributed by atoms with E-state index in [2.05, 4.69) is 60.6 Å². The Hall–Kier alpha value is -2.76. The zero-order valence-electron chi connectivity index (χ0n) is 14.5. The van der Waals surface area contributed by atoms with Crippen LogP contribution < -0.4 is 10.5 Å². The fourth-order valence-electron chi connectivity index (χ4n) is 3.42. The third-order valence-corrected chi connectivity index (χ3v) is 5.33. The van der Waals surface area contributed by atoms with Crippen LogP contribution in [0, 0.1) is 0 Å². The highest BCUT2D eigenvalue weighted by atomic mass is 32.1. The fourth-order valence-corrected chi connectivity index (χ4v) is 4.16. The molecule has 4 aromatic rings. The second kappa shape index (κ2) is 7.23. The van der Waals surface area contributed by atoms with Gasteiger partial charge in [-0.05, 0) is 0 Å². The first-order chi connectivity index (χ1) is 12.7. The van der Waals surface area contributed by atoms with Crippen LogP contribution in [0.3, 0.4) is 0 Å². The summed E-state index contributed by atoms with van der Waals surface area (Å²) in [7, 11) is 2.16. The van der Waals surface area contributed by atoms with Crippen LogP contribution in [-0.4, -0.2) is 16.4 Å². The van der Waals surface area contributed by atoms with E-state index in [0.29, 0.717) is 6.54 Å². The summed E-state index contributed by atoms with van der Waals surface area (Å²) in [5.74, 6) is 0. The largest absolute Gasteiger partial charge is 0.322 e. The molecule has 0 bridgehead atoms. The van der Waals surface area contributed by atoms with Crippen LogP contribution in [0.25, 0.3) is 4.96 Å². The maximum atomic E-state index is 12.3. The van der Waals surface area contributed by atoms with Crippen molar-refractivity contribution in [1.29, 1.82) is 0 Å². The van der Waals surface area contributed by atoms with E-state index in [0.717, 1.165) is 10.7 Å². The van der Waals surface area contributed by atoms with Crippen LogP contribution in [0.1, 0.15) is 22.9 Å². The van der Waals surface area contributed by atoms with E-state index in [4.69, 9.17) is 0 Å². The quantitative estimate of drug-likeness (QED) is 0.593. The molecule has 2 aromatic heterocycles. The van der Waals surface area contributed by atoms with Crippen LogP contribution in [0.5, 0.6) is 0 Å². The van der Waals surface area contributed by atoms with Gasteiger partial charge in [0.15, 0.2) is 4.96 Å². The molecule has 5 heteroatoms. The molecule has 2 aromatic carbocycles. The molecule has 0 spiro atoms. The minimum absolute atomic E-state index is 0.0185. The lowest BCUT2D eigenvalue weighted by molar-refractivity contribution is -0.920. The van der Waals surface area contributed by atoms with Crippen molar-refractivity contribution in [2.45, 2.75) is 12.6 Å². The van der Waals surface area contributed by atoms with Crippen LogP contribution in [0.4, 0.5) is 0 Å². The molecule has 4 nitrogen and oxygen atoms in total. The Morgan fingerprint density at radius 1 is 1.04 bits per heavy atom. The summed E-state index contributed by atoms with van der Waals surface area (Å²) in [6, 6.07) is 22.8. The van der Waals surface area contributed by atoms with E-state index in [1.54, 1.807) is 16.7 Å². The highest BCUT2D eigenvalue weighted by Gasteiger charge is 2.23. The molecule has 4 rings (SSSR count). The van der Waals surface area contributed by atoms with Gasteiger partial charge >= 0.3 is 0 Å². The predicted molar refractivity (Wildman–Crippen MR) is 105 cm³/mol. The summed E-state index contributed by atoms with van der Waals surface area (Å²) >= 11 is 1.49. The molecule has 0 radical (unpaired) electrons. The van der Waals surface area contributed by atoms with Crippen molar-refractivity contribution in [3.05, 3.63) is 105 Å². The summed E-state index contributed by atoms with van der Waals surface area (Å²) in [5.41, 5.74) is 3.32. The van der Waals surface area contributed by atoms with Gasteiger partial charge in [0, 0.05) is 28.8 Å². The molecule has 0 aliphatic heterocycles. The number of hydrogen-bond donors (Lipinski definition) is 1. The summed E-state index contributed by atoms with van der Waals surface area (Å²) in [6.07, 6.45) is 1.77. The highest BCUT2D eigenvalue weighted by Crippen LogP contribution is 2.19. The van der Waals surface area contributed by atoms with Crippen molar-refractivity contribution >= 4 is 16.3 Å². The lowest BCUT2D eigenvalue weighted by atomic mass is 9.97. The predicted octanol–water partition coefficient (Wildman–Crippen LogP) is 2.56. The Morgan fingerprint density at radius 2 is 1.65 bits per heavy atom. The molecule has 0 aliphatic rings. The zero-order chi connectivity index (χ0) is 17.9. The first-order valence-corrected chi connectivity index (χ1v) is 9.48. The van der Waals surface area contributed by atoms with Gasteiger partial charge < -0.3 is 4.90 Å². The van der Waals surface area contributed by atoms with Crippen LogP contribution in [0.2, 0.25) is 0 Å². The summed E-state index contributed by atoms with van der Waals surface area (Å²) in [4.78, 5) is 19.0. The molecule has 130 valence electrons. The van der Waals surface area contributed by atoms with Crippen molar-refractivity contribution in [1.82, 2.24) is 9.38 Å². The third kappa shape index (κ3) is 3.31. The second-order valence-corrected chi connectivity index (χ2v) is 7.29. The molecular formula is C21H20N3OS+. The summed E-state index contributed by atoms with van der Waals surface area (Å²) in [6.45, 7) is 0.679. The van der Waals surface area contributed by atoms with Gasteiger partial charge in [-0.25, -0.2) is 4.98 Å². The van der Waals surface area contributed by atoms with Gasteiger partial charge in [-0.2, -0.15) is 0 Å². The summed E-state index contributed by atoms with van der Waals surface area (Å²) < 4.78 is 1.59. The topological polar surface area (TPSA) is 38.8 Å². The SMILES string of the molecule is C[NH+](Cc1cc(=O)n2ccsc2n1)C(c1ccccc1)c1ccccc1. The Kier molecular flexibility index (Phi) is 4.65. The number of quaternary nitrogens is 1. The van der Waals surface area contributed by atoms with Gasteiger partial charge in [0.05, 0.1) is 7.05 Å². The maximum Gasteiger partial charge on any atom is 0.258 e. The Morgan fingerprint density at radius 3 is 2.27 bits per heavy atom. The minimum atomic E-state index is -0.0185. The van der Waals surface area contributed by atoms with Gasteiger partial charge in [-0.3, -0.25) is 9.20 Å². The van der Waals surface area contributed by atoms with Crippen molar-refractivity contribution in [3.8, 4) is 0 Å². The molecule has 0 saturated carbocycles. The molecule has 0 saturated heterocycles. The first-order valence-electron chi connectivity index (χ1n) is 8.60. The number of nitrogens with one attached hydrogen (secondary N) is 1. The molecule has 0 amide bonds. The lowest BCUT2D eigenvalue weighted by Crippen LogP contribution is -3.08. The number of nitrogens with zero attached hydrogens (tertiary/aromatic N) is 2. The van der Waals surface area contributed by atoms with Crippen molar-refractivity contribution in [2.75, 3.05) is 7.05 Å². The maximum absolute atomic E-state index is 12.3. The van der Waals surface area contributed by atoms with Crippen LogP contribution in [0.15, 0.2) is 83.1 Å². The van der Waals surface area contributed by atoms with E-state index >= 15 is 0 Å². The van der Waals surface area contributed by atoms with Gasteiger partial charge in [0.2, 0.25) is 0 Å². The van der Waals surface area contributed by atoms with Gasteiger partial charge in [0.25, 0.3) is 5.56 Å². The van der Waals surface area contributed by atoms with E-state index in [1.165, 1.54) is 27.4 Å². The molecule has 0 fully saturated rings. The Balaban J connectivity index is 1.70. The number of thiazole rings is 1. The molecule has 1 unspecified atom stereocenters. The molecule has 2 heterocycles. The molecular weight excluding hydrogens is 342 g/mol. The fraction of sp³-hybridized carbons (Fsp3) is 0.143. The normalized spacial score (nSPS) is 12.5. The highest BCUT2D eigenvalue weighted by molar-refractivity contribution is 7.15. The lowest BCUT2D eigenvalue weighted by Gasteiger charge is -2.25. The van der Waals surface area contributed by atoms with Gasteiger partial charge in [0.1, 0.15) is 18.3 Å². The van der Waals surface area contributed by atoms with Gasteiger partial charge in [-0.15, -0.1) is 11.3 Å². The van der Waals surface area contributed by atoms with E-state index in [-0.39, 0.29) is 11.6 Å². The third-order valence-electron chi connectivity index (χ3n) is 4.57. The number of aromatic nitrogens is 2. The van der Waals surface area contributed by atoms with Crippen molar-refractivity contribution in [2.24, 2.45) is 0 Å². The standard InChI is InChI=1S/C21H19N3OS/c1-23(15-18-14-19(25)24-12-13-26-21(24)22-18)20(16-8-4-2-5-9-16)17-10-6-3-7-11-17/h2-14,20H,15H2,1H3/p+1. The molecule has 26 heavy (non-hydrogen) atoms. The van der Waals surface area contributed by atoms with Crippen LogP contribution in [-0.2, 0) is 6.54 Å². The summed E-state index contributed by atoms with van der Waals surface area (Å²) in [5, 5.41) is 1.89. The van der Waals surface area contributed by atoms with E-state index in [1.807, 2.05) is 17.5 Å².